The highest BCUT2D eigenvalue weighted by Crippen LogP contribution is 2.44. The average Bonchev–Trinajstić information content (AvgIpc) is 2.77. The molecule has 0 saturated carbocycles. The summed E-state index contributed by atoms with van der Waals surface area (Å²) >= 11 is 0. The van der Waals surface area contributed by atoms with Crippen molar-refractivity contribution in [3.8, 4) is 11.5 Å². The van der Waals surface area contributed by atoms with Gasteiger partial charge in [0.2, 0.25) is 11.7 Å². The van der Waals surface area contributed by atoms with Gasteiger partial charge >= 0.3 is 0 Å². The van der Waals surface area contributed by atoms with Crippen LogP contribution in [0.3, 0.4) is 0 Å². The molecule has 4 rings (SSSR count). The van der Waals surface area contributed by atoms with Crippen LogP contribution in [0.15, 0.2) is 53.5 Å². The maximum absolute atomic E-state index is 6.01. The minimum atomic E-state index is -0.868. The summed E-state index contributed by atoms with van der Waals surface area (Å²) in [6.45, 7) is 0. The van der Waals surface area contributed by atoms with Crippen LogP contribution in [0.25, 0.3) is 0 Å². The Kier molecular flexibility index (Phi) is 2.25. The number of guanidine groups is 1. The molecule has 2 aromatic carbocycles. The van der Waals surface area contributed by atoms with E-state index in [1.54, 1.807) is 0 Å². The first kappa shape index (κ1) is 11.3. The highest BCUT2D eigenvalue weighted by atomic mass is 16.7. The molecule has 2 aliphatic heterocycles. The van der Waals surface area contributed by atoms with Crippen LogP contribution in [0.1, 0.15) is 11.1 Å². The van der Waals surface area contributed by atoms with Crippen LogP contribution in [-0.4, -0.2) is 5.96 Å². The Balaban J connectivity index is 1.96. The minimum absolute atomic E-state index is 0.277. The molecule has 0 radical (unpaired) electrons. The molecule has 0 saturated heterocycles. The molecule has 0 aliphatic carbocycles. The lowest BCUT2D eigenvalue weighted by Gasteiger charge is -2.23. The van der Waals surface area contributed by atoms with Gasteiger partial charge in [0.15, 0.2) is 0 Å². The summed E-state index contributed by atoms with van der Waals surface area (Å²) in [6.07, 6.45) is 0.563. The first-order chi connectivity index (χ1) is 9.77. The number of ether oxygens (including phenoxy) is 1. The van der Waals surface area contributed by atoms with Crippen LogP contribution >= 0.6 is 0 Å². The molecule has 1 spiro atoms. The minimum Gasteiger partial charge on any atom is -0.457 e. The second kappa shape index (κ2) is 3.98. The molecule has 0 amide bonds. The molecule has 0 fully saturated rings. The third-order valence-electron chi connectivity index (χ3n) is 3.56. The number of benzene rings is 2. The number of nitrogens with two attached hydrogens (primary N) is 1. The predicted molar refractivity (Wildman–Crippen MR) is 74.2 cm³/mol. The molecule has 2 aliphatic rings. The summed E-state index contributed by atoms with van der Waals surface area (Å²) in [5.41, 5.74) is 9.42. The molecule has 5 nitrogen and oxygen atoms in total. The van der Waals surface area contributed by atoms with E-state index < -0.39 is 5.72 Å². The van der Waals surface area contributed by atoms with Gasteiger partial charge in [-0.1, -0.05) is 36.4 Å². The number of hydroxylamine groups is 1. The van der Waals surface area contributed by atoms with Crippen molar-refractivity contribution >= 4 is 5.96 Å². The van der Waals surface area contributed by atoms with Gasteiger partial charge in [0, 0.05) is 12.0 Å². The van der Waals surface area contributed by atoms with Crippen LogP contribution in [0, 0.1) is 0 Å². The van der Waals surface area contributed by atoms with Crippen molar-refractivity contribution in [2.45, 2.75) is 12.1 Å². The van der Waals surface area contributed by atoms with Crippen molar-refractivity contribution in [2.75, 3.05) is 0 Å². The number of fused-ring (bicyclic) bond motifs is 3. The van der Waals surface area contributed by atoms with E-state index in [0.717, 1.165) is 22.6 Å². The number of nitrogens with one attached hydrogen (secondary N) is 1. The third-order valence-corrected chi connectivity index (χ3v) is 3.56. The predicted octanol–water partition coefficient (Wildman–Crippen LogP) is 2.04. The van der Waals surface area contributed by atoms with Crippen LogP contribution in [0.5, 0.6) is 11.5 Å². The quantitative estimate of drug-likeness (QED) is 0.766. The first-order valence-electron chi connectivity index (χ1n) is 6.41. The topological polar surface area (TPSA) is 68.9 Å². The van der Waals surface area contributed by atoms with E-state index in [1.807, 2.05) is 48.5 Å². The van der Waals surface area contributed by atoms with E-state index >= 15 is 0 Å². The summed E-state index contributed by atoms with van der Waals surface area (Å²) in [7, 11) is 0. The highest BCUT2D eigenvalue weighted by Gasteiger charge is 2.43. The molecule has 3 N–H and O–H groups in total. The van der Waals surface area contributed by atoms with Gasteiger partial charge in [-0.05, 0) is 12.1 Å². The molecule has 20 heavy (non-hydrogen) atoms. The summed E-state index contributed by atoms with van der Waals surface area (Å²) < 4.78 is 6.01. The monoisotopic (exact) mass is 267 g/mol. The fraction of sp³-hybridized carbons (Fsp3) is 0.133. The van der Waals surface area contributed by atoms with Crippen molar-refractivity contribution in [3.63, 3.8) is 0 Å². The zero-order valence-electron chi connectivity index (χ0n) is 10.7. The van der Waals surface area contributed by atoms with Gasteiger partial charge in [0.25, 0.3) is 0 Å². The largest absolute Gasteiger partial charge is 0.457 e. The molecule has 5 heteroatoms. The molecule has 0 bridgehead atoms. The maximum Gasteiger partial charge on any atom is 0.222 e. The van der Waals surface area contributed by atoms with Gasteiger partial charge in [-0.3, -0.25) is 0 Å². The Bertz CT molecular complexity index is 714. The van der Waals surface area contributed by atoms with Gasteiger partial charge in [0.1, 0.15) is 11.5 Å². The summed E-state index contributed by atoms with van der Waals surface area (Å²) in [5.74, 6) is 1.83. The third kappa shape index (κ3) is 1.57. The smallest absolute Gasteiger partial charge is 0.222 e. The lowest BCUT2D eigenvalue weighted by molar-refractivity contribution is -0.0589. The van der Waals surface area contributed by atoms with Crippen LogP contribution in [0.2, 0.25) is 0 Å². The molecule has 100 valence electrons. The van der Waals surface area contributed by atoms with E-state index in [2.05, 4.69) is 10.5 Å². The van der Waals surface area contributed by atoms with Crippen molar-refractivity contribution < 1.29 is 9.57 Å². The zero-order chi connectivity index (χ0) is 13.6. The number of hydrogen-bond donors (Lipinski definition) is 2. The molecule has 1 unspecified atom stereocenters. The van der Waals surface area contributed by atoms with E-state index in [1.165, 1.54) is 0 Å². The Labute approximate surface area is 116 Å². The summed E-state index contributed by atoms with van der Waals surface area (Å²) in [4.78, 5) is 10.2. The van der Waals surface area contributed by atoms with Crippen molar-refractivity contribution in [3.05, 3.63) is 59.7 Å². The number of rotatable bonds is 0. The number of para-hydroxylation sites is 2. The number of aliphatic imine (C=N–C) groups is 1. The lowest BCUT2D eigenvalue weighted by atomic mass is 9.95. The van der Waals surface area contributed by atoms with Gasteiger partial charge in [-0.25, -0.2) is 15.3 Å². The molecular weight excluding hydrogens is 254 g/mol. The van der Waals surface area contributed by atoms with Crippen molar-refractivity contribution in [1.29, 1.82) is 0 Å². The fourth-order valence-electron chi connectivity index (χ4n) is 2.67. The summed E-state index contributed by atoms with van der Waals surface area (Å²) in [6, 6.07) is 15.6. The molecule has 2 heterocycles. The standard InChI is InChI=1S/C15H13N3O2/c16-14-17-15(20-18-14)9-10-5-1-3-7-12(10)19-13-8-4-2-6-11(13)15/h1-8H,9H2,(H3,16,17,18). The first-order valence-corrected chi connectivity index (χ1v) is 6.41. The van der Waals surface area contributed by atoms with E-state index in [4.69, 9.17) is 15.3 Å². The second-order valence-electron chi connectivity index (χ2n) is 4.87. The van der Waals surface area contributed by atoms with E-state index in [0.29, 0.717) is 6.42 Å². The van der Waals surface area contributed by atoms with Crippen LogP contribution in [0.4, 0.5) is 0 Å². The Morgan fingerprint density at radius 2 is 1.80 bits per heavy atom. The summed E-state index contributed by atoms with van der Waals surface area (Å²) in [5, 5.41) is 0. The Morgan fingerprint density at radius 3 is 2.60 bits per heavy atom. The Hall–Kier alpha value is -2.53. The van der Waals surface area contributed by atoms with Gasteiger partial charge in [0.05, 0.1) is 5.56 Å². The van der Waals surface area contributed by atoms with E-state index in [9.17, 15) is 0 Å². The Morgan fingerprint density at radius 1 is 1.05 bits per heavy atom. The molecule has 2 aromatic rings. The molecular formula is C15H13N3O2. The highest BCUT2D eigenvalue weighted by molar-refractivity contribution is 5.79. The van der Waals surface area contributed by atoms with Gasteiger partial charge in [-0.15, -0.1) is 0 Å². The normalized spacial score (nSPS) is 23.1. The molecule has 0 aromatic heterocycles. The lowest BCUT2D eigenvalue weighted by Crippen LogP contribution is -2.30. The van der Waals surface area contributed by atoms with Crippen molar-refractivity contribution in [1.82, 2.24) is 5.48 Å². The SMILES string of the molecule is NC1=NC2(Cc3ccccc3Oc3ccccc32)ON1. The van der Waals surface area contributed by atoms with Crippen molar-refractivity contribution in [2.24, 2.45) is 10.7 Å². The second-order valence-corrected chi connectivity index (χ2v) is 4.87. The van der Waals surface area contributed by atoms with Gasteiger partial charge in [-0.2, -0.15) is 0 Å². The average molecular weight is 267 g/mol. The number of hydrogen-bond acceptors (Lipinski definition) is 5. The van der Waals surface area contributed by atoms with E-state index in [-0.39, 0.29) is 5.96 Å². The number of nitrogens with zero attached hydrogens (tertiary/aromatic N) is 1. The molecule has 1 atom stereocenters. The fourth-order valence-corrected chi connectivity index (χ4v) is 2.67. The zero-order valence-corrected chi connectivity index (χ0v) is 10.7. The van der Waals surface area contributed by atoms with Crippen LogP contribution in [-0.2, 0) is 17.0 Å². The van der Waals surface area contributed by atoms with Gasteiger partial charge < -0.3 is 10.5 Å². The van der Waals surface area contributed by atoms with Crippen LogP contribution < -0.4 is 16.0 Å². The maximum atomic E-state index is 6.01.